The maximum absolute atomic E-state index is 14.0. The molecule has 2 aromatic carbocycles. The van der Waals surface area contributed by atoms with Crippen LogP contribution in [-0.2, 0) is 22.7 Å². The van der Waals surface area contributed by atoms with Gasteiger partial charge in [-0.1, -0.05) is 93.8 Å². The van der Waals surface area contributed by atoms with E-state index in [9.17, 15) is 9.59 Å². The second-order valence-electron chi connectivity index (χ2n) is 11.1. The summed E-state index contributed by atoms with van der Waals surface area (Å²) in [6.45, 7) is 6.33. The molecular weight excluding hydrogens is 482 g/mol. The summed E-state index contributed by atoms with van der Waals surface area (Å²) in [5, 5.41) is 0. The van der Waals surface area contributed by atoms with Crippen LogP contribution in [0.25, 0.3) is 6.08 Å². The smallest absolute Gasteiger partial charge is 0.247 e. The van der Waals surface area contributed by atoms with Crippen LogP contribution in [0.2, 0.25) is 0 Å². The van der Waals surface area contributed by atoms with E-state index >= 15 is 0 Å². The Morgan fingerprint density at radius 2 is 1.62 bits per heavy atom. The van der Waals surface area contributed by atoms with Crippen LogP contribution in [0.15, 0.2) is 85.1 Å². The van der Waals surface area contributed by atoms with Crippen molar-refractivity contribution in [2.24, 2.45) is 5.92 Å². The van der Waals surface area contributed by atoms with Crippen LogP contribution < -0.4 is 0 Å². The first-order valence-corrected chi connectivity index (χ1v) is 14.5. The van der Waals surface area contributed by atoms with Gasteiger partial charge in [0.25, 0.3) is 0 Å². The van der Waals surface area contributed by atoms with E-state index in [1.807, 2.05) is 42.5 Å². The van der Waals surface area contributed by atoms with Crippen LogP contribution >= 0.6 is 0 Å². The largest absolute Gasteiger partial charge is 0.345 e. The topological polar surface area (TPSA) is 45.6 Å². The molecule has 0 spiro atoms. The van der Waals surface area contributed by atoms with Crippen LogP contribution in [0.5, 0.6) is 0 Å². The summed E-state index contributed by atoms with van der Waals surface area (Å²) in [6.07, 6.45) is 12.0. The molecule has 5 nitrogen and oxygen atoms in total. The molecule has 1 heterocycles. The molecule has 0 atom stereocenters. The van der Waals surface area contributed by atoms with Gasteiger partial charge in [0.05, 0.1) is 6.54 Å². The van der Waals surface area contributed by atoms with Crippen molar-refractivity contribution < 1.29 is 9.59 Å². The van der Waals surface area contributed by atoms with Gasteiger partial charge in [0.2, 0.25) is 11.8 Å². The Morgan fingerprint density at radius 1 is 0.923 bits per heavy atom. The summed E-state index contributed by atoms with van der Waals surface area (Å²) >= 11 is 0. The van der Waals surface area contributed by atoms with Gasteiger partial charge >= 0.3 is 0 Å². The molecule has 5 heteroatoms. The number of benzene rings is 2. The number of carbonyl (C=O) groups is 2. The lowest BCUT2D eigenvalue weighted by molar-refractivity contribution is -0.141. The molecule has 0 radical (unpaired) electrons. The molecule has 39 heavy (non-hydrogen) atoms. The number of nitrogens with zero attached hydrogens (tertiary/aromatic N) is 3. The van der Waals surface area contributed by atoms with E-state index in [2.05, 4.69) is 65.9 Å². The van der Waals surface area contributed by atoms with Crippen molar-refractivity contribution in [1.29, 1.82) is 0 Å². The Balaban J connectivity index is 1.51. The third-order valence-corrected chi connectivity index (χ3v) is 7.62. The Kier molecular flexibility index (Phi) is 10.6. The maximum Gasteiger partial charge on any atom is 0.247 e. The quantitative estimate of drug-likeness (QED) is 0.245. The minimum absolute atomic E-state index is 0.0413. The van der Waals surface area contributed by atoms with Gasteiger partial charge in [-0.2, -0.15) is 0 Å². The highest BCUT2D eigenvalue weighted by molar-refractivity contribution is 5.94. The molecule has 0 aliphatic heterocycles. The average Bonchev–Trinajstić information content (AvgIpc) is 3.40. The number of amides is 2. The minimum atomic E-state index is -0.108. The van der Waals surface area contributed by atoms with Gasteiger partial charge < -0.3 is 14.4 Å². The Labute approximate surface area is 234 Å². The number of aromatic nitrogens is 1. The number of carbonyl (C=O) groups excluding carboxylic acids is 2. The van der Waals surface area contributed by atoms with E-state index in [1.54, 1.807) is 11.0 Å². The molecule has 0 saturated heterocycles. The van der Waals surface area contributed by atoms with Crippen LogP contribution in [-0.4, -0.2) is 45.3 Å². The van der Waals surface area contributed by atoms with E-state index < -0.39 is 0 Å². The van der Waals surface area contributed by atoms with Gasteiger partial charge in [-0.3, -0.25) is 9.59 Å². The van der Waals surface area contributed by atoms with E-state index in [-0.39, 0.29) is 24.4 Å². The third-order valence-electron chi connectivity index (χ3n) is 7.62. The highest BCUT2D eigenvalue weighted by Crippen LogP contribution is 2.25. The summed E-state index contributed by atoms with van der Waals surface area (Å²) in [6, 6.07) is 24.7. The molecule has 1 aliphatic rings. The number of hydrogen-bond donors (Lipinski definition) is 0. The normalized spacial score (nSPS) is 14.1. The van der Waals surface area contributed by atoms with Gasteiger partial charge in [-0.25, -0.2) is 0 Å². The van der Waals surface area contributed by atoms with Crippen molar-refractivity contribution in [3.8, 4) is 0 Å². The molecule has 1 aliphatic carbocycles. The molecule has 1 aromatic heterocycles. The van der Waals surface area contributed by atoms with Gasteiger partial charge in [0, 0.05) is 37.1 Å². The first kappa shape index (κ1) is 28.4. The predicted molar refractivity (Wildman–Crippen MR) is 159 cm³/mol. The van der Waals surface area contributed by atoms with Crippen molar-refractivity contribution in [2.45, 2.75) is 71.5 Å². The van der Waals surface area contributed by atoms with Crippen molar-refractivity contribution in [3.63, 3.8) is 0 Å². The second kappa shape index (κ2) is 14.5. The summed E-state index contributed by atoms with van der Waals surface area (Å²) in [4.78, 5) is 31.1. The molecule has 0 N–H and O–H groups in total. The highest BCUT2D eigenvalue weighted by Gasteiger charge is 2.28. The molecule has 1 saturated carbocycles. The Bertz CT molecular complexity index is 1190. The van der Waals surface area contributed by atoms with Gasteiger partial charge in [0.1, 0.15) is 6.54 Å². The SMILES string of the molecule is CC(C)CCN(CC(=O)N(Cc1cccn1Cc1ccccc1)C1CCCCC1)C(=O)/C=C/c1ccccc1. The Hall–Kier alpha value is -3.60. The van der Waals surface area contributed by atoms with Gasteiger partial charge in [0.15, 0.2) is 0 Å². The molecule has 0 bridgehead atoms. The summed E-state index contributed by atoms with van der Waals surface area (Å²) in [7, 11) is 0. The average molecular weight is 526 g/mol. The summed E-state index contributed by atoms with van der Waals surface area (Å²) in [5.41, 5.74) is 3.34. The van der Waals surface area contributed by atoms with Crippen LogP contribution in [0.4, 0.5) is 0 Å². The lowest BCUT2D eigenvalue weighted by Crippen LogP contribution is -2.47. The van der Waals surface area contributed by atoms with Crippen LogP contribution in [0.1, 0.15) is 69.2 Å². The third kappa shape index (κ3) is 8.71. The van der Waals surface area contributed by atoms with Gasteiger partial charge in [-0.05, 0) is 54.5 Å². The standard InChI is InChI=1S/C34H43N3O2/c1-28(2)22-24-36(33(38)21-20-29-13-6-3-7-14-29)27-34(39)37(31-17-10-5-11-18-31)26-32-19-12-23-35(32)25-30-15-8-4-9-16-30/h3-4,6-9,12-16,19-21,23,28,31H,5,10-11,17-18,22,24-27H2,1-2H3/b21-20+. The van der Waals surface area contributed by atoms with E-state index in [1.165, 1.54) is 12.0 Å². The van der Waals surface area contributed by atoms with Crippen LogP contribution in [0, 0.1) is 5.92 Å². The molecule has 3 aromatic rings. The maximum atomic E-state index is 14.0. The van der Waals surface area contributed by atoms with Crippen molar-refractivity contribution in [3.05, 3.63) is 102 Å². The lowest BCUT2D eigenvalue weighted by atomic mass is 9.94. The first-order chi connectivity index (χ1) is 19.0. The molecule has 2 amide bonds. The fourth-order valence-electron chi connectivity index (χ4n) is 5.29. The summed E-state index contributed by atoms with van der Waals surface area (Å²) in [5.74, 6) is 0.382. The van der Waals surface area contributed by atoms with Gasteiger partial charge in [-0.15, -0.1) is 0 Å². The van der Waals surface area contributed by atoms with Crippen molar-refractivity contribution in [1.82, 2.24) is 14.4 Å². The lowest BCUT2D eigenvalue weighted by Gasteiger charge is -2.36. The van der Waals surface area contributed by atoms with E-state index in [0.29, 0.717) is 19.0 Å². The summed E-state index contributed by atoms with van der Waals surface area (Å²) < 4.78 is 2.24. The zero-order chi connectivity index (χ0) is 27.5. The molecule has 206 valence electrons. The van der Waals surface area contributed by atoms with Crippen molar-refractivity contribution in [2.75, 3.05) is 13.1 Å². The van der Waals surface area contributed by atoms with Crippen molar-refractivity contribution >= 4 is 17.9 Å². The molecule has 1 fully saturated rings. The minimum Gasteiger partial charge on any atom is -0.345 e. The molecule has 4 rings (SSSR count). The molecule has 0 unspecified atom stereocenters. The molecular formula is C34H43N3O2. The zero-order valence-corrected chi connectivity index (χ0v) is 23.5. The first-order valence-electron chi connectivity index (χ1n) is 14.5. The van der Waals surface area contributed by atoms with Crippen LogP contribution in [0.3, 0.4) is 0 Å². The number of hydrogen-bond acceptors (Lipinski definition) is 2. The zero-order valence-electron chi connectivity index (χ0n) is 23.5. The van der Waals surface area contributed by atoms with E-state index in [4.69, 9.17) is 0 Å². The number of rotatable bonds is 12. The predicted octanol–water partition coefficient (Wildman–Crippen LogP) is 6.79. The fraction of sp³-hybridized carbons (Fsp3) is 0.412. The highest BCUT2D eigenvalue weighted by atomic mass is 16.2. The Morgan fingerprint density at radius 3 is 2.31 bits per heavy atom. The second-order valence-corrected chi connectivity index (χ2v) is 11.1. The fourth-order valence-corrected chi connectivity index (χ4v) is 5.29. The van der Waals surface area contributed by atoms with E-state index in [0.717, 1.165) is 49.9 Å². The monoisotopic (exact) mass is 525 g/mol.